The third-order valence-corrected chi connectivity index (χ3v) is 7.33. The molecule has 0 bridgehead atoms. The molecule has 3 aromatic carbocycles. The monoisotopic (exact) mass is 485 g/mol. The number of fused-ring (bicyclic) bond motifs is 1. The lowest BCUT2D eigenvalue weighted by Gasteiger charge is -2.31. The molecule has 1 aliphatic rings. The molecular formula is C30H32ClN3O. The average Bonchev–Trinajstić information content (AvgIpc) is 3.22. The smallest absolute Gasteiger partial charge is 0.223 e. The summed E-state index contributed by atoms with van der Waals surface area (Å²) in [6.07, 6.45) is 1.79. The molecule has 4 nitrogen and oxygen atoms in total. The van der Waals surface area contributed by atoms with Crippen LogP contribution in [0, 0.1) is 12.8 Å². The van der Waals surface area contributed by atoms with Crippen molar-refractivity contribution in [3.05, 3.63) is 106 Å². The Balaban J connectivity index is 1.21. The first kappa shape index (κ1) is 23.7. The van der Waals surface area contributed by atoms with Gasteiger partial charge in [0.15, 0.2) is 0 Å². The second-order valence-electron chi connectivity index (χ2n) is 9.66. The van der Waals surface area contributed by atoms with Crippen molar-refractivity contribution in [1.82, 2.24) is 14.8 Å². The molecule has 1 fully saturated rings. The van der Waals surface area contributed by atoms with Crippen molar-refractivity contribution in [1.29, 1.82) is 0 Å². The molecule has 0 saturated carbocycles. The van der Waals surface area contributed by atoms with Gasteiger partial charge in [0.25, 0.3) is 0 Å². The maximum absolute atomic E-state index is 12.7. The zero-order chi connectivity index (χ0) is 24.2. The largest absolute Gasteiger partial charge is 0.352 e. The van der Waals surface area contributed by atoms with E-state index < -0.39 is 0 Å². The number of halogens is 1. The Morgan fingerprint density at radius 2 is 1.60 bits per heavy atom. The van der Waals surface area contributed by atoms with Gasteiger partial charge in [-0.1, -0.05) is 71.8 Å². The summed E-state index contributed by atoms with van der Waals surface area (Å²) in [4.78, 5) is 15.2. The molecule has 5 heteroatoms. The first-order valence-corrected chi connectivity index (χ1v) is 12.8. The Bertz CT molecular complexity index is 1290. The number of nitrogens with zero attached hydrogens (tertiary/aromatic N) is 2. The summed E-state index contributed by atoms with van der Waals surface area (Å²) in [5.74, 6) is 0.241. The van der Waals surface area contributed by atoms with E-state index in [1.54, 1.807) is 0 Å². The predicted octanol–water partition coefficient (Wildman–Crippen LogP) is 6.18. The Hall–Kier alpha value is -3.08. The Morgan fingerprint density at radius 1 is 0.914 bits per heavy atom. The maximum Gasteiger partial charge on any atom is 0.223 e. The van der Waals surface area contributed by atoms with Crippen LogP contribution < -0.4 is 5.32 Å². The molecule has 1 amide bonds. The number of nitrogens with one attached hydrogen (secondary N) is 1. The van der Waals surface area contributed by atoms with Crippen molar-refractivity contribution in [3.63, 3.8) is 0 Å². The SMILES string of the molecule is Cc1ccc(Cn2c(CN3CCC(C(=O)NCc4ccc(Cl)cc4)CC3)cc3ccccc32)cc1. The van der Waals surface area contributed by atoms with Crippen LogP contribution >= 0.6 is 11.6 Å². The number of amides is 1. The highest BCUT2D eigenvalue weighted by Gasteiger charge is 2.25. The zero-order valence-corrected chi connectivity index (χ0v) is 21.0. The third-order valence-electron chi connectivity index (χ3n) is 7.08. The van der Waals surface area contributed by atoms with Crippen LogP contribution in [0.4, 0.5) is 0 Å². The van der Waals surface area contributed by atoms with Gasteiger partial charge in [-0.25, -0.2) is 0 Å². The fraction of sp³-hybridized carbons (Fsp3) is 0.300. The second-order valence-corrected chi connectivity index (χ2v) is 10.1. The topological polar surface area (TPSA) is 37.3 Å². The summed E-state index contributed by atoms with van der Waals surface area (Å²) in [7, 11) is 0. The van der Waals surface area contributed by atoms with Gasteiger partial charge in [-0.3, -0.25) is 9.69 Å². The number of aromatic nitrogens is 1. The molecular weight excluding hydrogens is 454 g/mol. The van der Waals surface area contributed by atoms with Gasteiger partial charge in [-0.05, 0) is 73.6 Å². The molecule has 1 saturated heterocycles. The van der Waals surface area contributed by atoms with E-state index in [9.17, 15) is 4.79 Å². The second kappa shape index (κ2) is 10.7. The fourth-order valence-electron chi connectivity index (χ4n) is 4.98. The molecule has 180 valence electrons. The van der Waals surface area contributed by atoms with Crippen molar-refractivity contribution in [2.75, 3.05) is 13.1 Å². The average molecular weight is 486 g/mol. The first-order valence-electron chi connectivity index (χ1n) is 12.4. The van der Waals surface area contributed by atoms with E-state index >= 15 is 0 Å². The number of aryl methyl sites for hydroxylation is 1. The van der Waals surface area contributed by atoms with Gasteiger partial charge in [0.1, 0.15) is 0 Å². The van der Waals surface area contributed by atoms with Crippen molar-refractivity contribution in [2.45, 2.75) is 39.4 Å². The quantitative estimate of drug-likeness (QED) is 0.339. The first-order chi connectivity index (χ1) is 17.0. The van der Waals surface area contributed by atoms with Crippen LogP contribution in [0.5, 0.6) is 0 Å². The van der Waals surface area contributed by atoms with E-state index in [0.717, 1.165) is 44.6 Å². The molecule has 1 N–H and O–H groups in total. The third kappa shape index (κ3) is 5.77. The van der Waals surface area contributed by atoms with Crippen LogP contribution in [0.1, 0.15) is 35.2 Å². The molecule has 5 rings (SSSR count). The van der Waals surface area contributed by atoms with Crippen molar-refractivity contribution < 1.29 is 4.79 Å². The molecule has 0 unspecified atom stereocenters. The number of para-hydroxylation sites is 1. The van der Waals surface area contributed by atoms with E-state index in [2.05, 4.69) is 76.3 Å². The molecule has 4 aromatic rings. The van der Waals surface area contributed by atoms with Gasteiger partial charge in [0, 0.05) is 41.8 Å². The Morgan fingerprint density at radius 3 is 2.34 bits per heavy atom. The minimum absolute atomic E-state index is 0.0805. The standard InChI is InChI=1S/C30H32ClN3O/c1-22-6-8-24(9-7-22)20-34-28(18-26-4-2-3-5-29(26)34)21-33-16-14-25(15-17-33)30(35)32-19-23-10-12-27(31)13-11-23/h2-13,18,25H,14-17,19-21H2,1H3,(H,32,35). The molecule has 35 heavy (non-hydrogen) atoms. The van der Waals surface area contributed by atoms with Crippen LogP contribution in [0.15, 0.2) is 78.9 Å². The van der Waals surface area contributed by atoms with Gasteiger partial charge in [0.2, 0.25) is 5.91 Å². The number of hydrogen-bond acceptors (Lipinski definition) is 2. The molecule has 0 atom stereocenters. The molecule has 0 radical (unpaired) electrons. The van der Waals surface area contributed by atoms with Crippen LogP contribution in [0.25, 0.3) is 10.9 Å². The minimum Gasteiger partial charge on any atom is -0.352 e. The number of rotatable bonds is 7. The number of piperidine rings is 1. The Labute approximate surface area is 212 Å². The molecule has 1 aliphatic heterocycles. The van der Waals surface area contributed by atoms with Gasteiger partial charge in [-0.2, -0.15) is 0 Å². The molecule has 0 aliphatic carbocycles. The highest BCUT2D eigenvalue weighted by molar-refractivity contribution is 6.30. The van der Waals surface area contributed by atoms with Crippen molar-refractivity contribution in [3.8, 4) is 0 Å². The lowest BCUT2D eigenvalue weighted by Crippen LogP contribution is -2.40. The van der Waals surface area contributed by atoms with E-state index in [0.29, 0.717) is 11.6 Å². The summed E-state index contributed by atoms with van der Waals surface area (Å²) in [5.41, 5.74) is 6.28. The van der Waals surface area contributed by atoms with E-state index in [1.807, 2.05) is 24.3 Å². The summed E-state index contributed by atoms with van der Waals surface area (Å²) < 4.78 is 2.45. The maximum atomic E-state index is 12.7. The fourth-order valence-corrected chi connectivity index (χ4v) is 5.11. The minimum atomic E-state index is 0.0805. The molecule has 0 spiro atoms. The number of likely N-dealkylation sites (tertiary alicyclic amines) is 1. The van der Waals surface area contributed by atoms with E-state index in [4.69, 9.17) is 11.6 Å². The number of hydrogen-bond donors (Lipinski definition) is 1. The van der Waals surface area contributed by atoms with Crippen molar-refractivity contribution in [2.24, 2.45) is 5.92 Å². The molecule has 1 aromatic heterocycles. The normalized spacial score (nSPS) is 14.9. The van der Waals surface area contributed by atoms with E-state index in [1.165, 1.54) is 27.7 Å². The van der Waals surface area contributed by atoms with Gasteiger partial charge < -0.3 is 9.88 Å². The number of benzene rings is 3. The van der Waals surface area contributed by atoms with Crippen LogP contribution in [0.3, 0.4) is 0 Å². The summed E-state index contributed by atoms with van der Waals surface area (Å²) in [6.45, 7) is 6.32. The van der Waals surface area contributed by atoms with Crippen molar-refractivity contribution >= 4 is 28.4 Å². The highest BCUT2D eigenvalue weighted by atomic mass is 35.5. The van der Waals surface area contributed by atoms with Crippen LogP contribution in [-0.2, 0) is 24.4 Å². The summed E-state index contributed by atoms with van der Waals surface area (Å²) in [6, 6.07) is 27.4. The van der Waals surface area contributed by atoms with Gasteiger partial charge in [-0.15, -0.1) is 0 Å². The van der Waals surface area contributed by atoms with E-state index in [-0.39, 0.29) is 11.8 Å². The Kier molecular flexibility index (Phi) is 7.21. The van der Waals surface area contributed by atoms with Crippen LogP contribution in [-0.4, -0.2) is 28.5 Å². The zero-order valence-electron chi connectivity index (χ0n) is 20.2. The van der Waals surface area contributed by atoms with Crippen LogP contribution in [0.2, 0.25) is 5.02 Å². The van der Waals surface area contributed by atoms with Gasteiger partial charge >= 0.3 is 0 Å². The number of carbonyl (C=O) groups is 1. The number of carbonyl (C=O) groups excluding carboxylic acids is 1. The molecule has 2 heterocycles. The predicted molar refractivity (Wildman–Crippen MR) is 144 cm³/mol. The van der Waals surface area contributed by atoms with Gasteiger partial charge in [0.05, 0.1) is 0 Å². The highest BCUT2D eigenvalue weighted by Crippen LogP contribution is 2.25. The lowest BCUT2D eigenvalue weighted by molar-refractivity contribution is -0.126. The lowest BCUT2D eigenvalue weighted by atomic mass is 9.95. The summed E-state index contributed by atoms with van der Waals surface area (Å²) >= 11 is 5.95. The summed E-state index contributed by atoms with van der Waals surface area (Å²) in [5, 5.41) is 5.10.